The Labute approximate surface area is 235 Å². The zero-order valence-corrected chi connectivity index (χ0v) is 23.9. The average Bonchev–Trinajstić information content (AvgIpc) is 2.92. The highest BCUT2D eigenvalue weighted by Crippen LogP contribution is 2.26. The highest BCUT2D eigenvalue weighted by molar-refractivity contribution is 7.92. The van der Waals surface area contributed by atoms with Crippen molar-refractivity contribution < 1.29 is 22.7 Å². The Hall–Kier alpha value is -3.56. The van der Waals surface area contributed by atoms with Gasteiger partial charge in [-0.2, -0.15) is 0 Å². The summed E-state index contributed by atoms with van der Waals surface area (Å²) in [6.45, 7) is 3.78. The third kappa shape index (κ3) is 8.46. The van der Waals surface area contributed by atoms with Crippen molar-refractivity contribution in [2.24, 2.45) is 0 Å². The number of anilines is 1. The number of sulfonamides is 1. The van der Waals surface area contributed by atoms with Crippen LogP contribution in [0.3, 0.4) is 0 Å². The number of carbonyl (C=O) groups excluding carboxylic acids is 2. The van der Waals surface area contributed by atoms with Crippen molar-refractivity contribution >= 4 is 39.1 Å². The predicted molar refractivity (Wildman–Crippen MR) is 155 cm³/mol. The molecule has 1 N–H and O–H groups in total. The van der Waals surface area contributed by atoms with Crippen molar-refractivity contribution in [1.82, 2.24) is 10.2 Å². The van der Waals surface area contributed by atoms with Crippen molar-refractivity contribution in [2.75, 3.05) is 23.7 Å². The molecule has 0 aliphatic carbocycles. The first-order valence-electron chi connectivity index (χ1n) is 12.7. The summed E-state index contributed by atoms with van der Waals surface area (Å²) >= 11 is 6.37. The molecule has 2 amide bonds. The second kappa shape index (κ2) is 14.0. The third-order valence-corrected chi connectivity index (χ3v) is 7.53. The molecule has 0 spiro atoms. The van der Waals surface area contributed by atoms with Crippen molar-refractivity contribution in [1.29, 1.82) is 0 Å². The molecule has 0 saturated carbocycles. The van der Waals surface area contributed by atoms with Gasteiger partial charge in [-0.25, -0.2) is 8.42 Å². The van der Waals surface area contributed by atoms with Crippen molar-refractivity contribution in [3.05, 3.63) is 89.4 Å². The van der Waals surface area contributed by atoms with Gasteiger partial charge in [-0.05, 0) is 60.9 Å². The van der Waals surface area contributed by atoms with Gasteiger partial charge in [-0.15, -0.1) is 0 Å². The minimum Gasteiger partial charge on any atom is -0.457 e. The van der Waals surface area contributed by atoms with Crippen LogP contribution in [-0.2, 0) is 26.2 Å². The van der Waals surface area contributed by atoms with E-state index in [0.29, 0.717) is 40.7 Å². The van der Waals surface area contributed by atoms with Crippen LogP contribution in [0.4, 0.5) is 5.69 Å². The van der Waals surface area contributed by atoms with Crippen molar-refractivity contribution in [3.8, 4) is 11.5 Å². The Morgan fingerprint density at radius 2 is 1.54 bits per heavy atom. The van der Waals surface area contributed by atoms with Gasteiger partial charge in [0.1, 0.15) is 24.1 Å². The molecule has 0 heterocycles. The van der Waals surface area contributed by atoms with Crippen LogP contribution in [0, 0.1) is 0 Å². The number of halogens is 1. The largest absolute Gasteiger partial charge is 0.457 e. The molecular formula is C29H34ClN3O5S. The lowest BCUT2D eigenvalue weighted by atomic mass is 10.1. The number of benzene rings is 3. The fourth-order valence-electron chi connectivity index (χ4n) is 4.01. The molecule has 39 heavy (non-hydrogen) atoms. The third-order valence-electron chi connectivity index (χ3n) is 6.02. The van der Waals surface area contributed by atoms with Gasteiger partial charge in [0.25, 0.3) is 0 Å². The molecule has 0 aromatic heterocycles. The van der Waals surface area contributed by atoms with Crippen LogP contribution in [0.5, 0.6) is 11.5 Å². The topological polar surface area (TPSA) is 96.0 Å². The highest BCUT2D eigenvalue weighted by Gasteiger charge is 2.32. The highest BCUT2D eigenvalue weighted by atomic mass is 35.5. The van der Waals surface area contributed by atoms with Crippen LogP contribution in [0.25, 0.3) is 0 Å². The maximum absolute atomic E-state index is 13.7. The quantitative estimate of drug-likeness (QED) is 0.303. The van der Waals surface area contributed by atoms with E-state index in [-0.39, 0.29) is 12.5 Å². The lowest BCUT2D eigenvalue weighted by molar-refractivity contribution is -0.140. The van der Waals surface area contributed by atoms with E-state index in [4.69, 9.17) is 16.3 Å². The molecule has 0 aliphatic rings. The maximum Gasteiger partial charge on any atom is 0.244 e. The van der Waals surface area contributed by atoms with Gasteiger partial charge in [-0.3, -0.25) is 13.9 Å². The van der Waals surface area contributed by atoms with E-state index in [1.54, 1.807) is 48.5 Å². The molecule has 0 radical (unpaired) electrons. The minimum atomic E-state index is -3.85. The van der Waals surface area contributed by atoms with E-state index in [1.165, 1.54) is 4.90 Å². The van der Waals surface area contributed by atoms with E-state index in [0.717, 1.165) is 17.0 Å². The Balaban J connectivity index is 1.89. The molecule has 10 heteroatoms. The second-order valence-corrected chi connectivity index (χ2v) is 11.3. The summed E-state index contributed by atoms with van der Waals surface area (Å²) in [4.78, 5) is 28.2. The van der Waals surface area contributed by atoms with Gasteiger partial charge >= 0.3 is 0 Å². The van der Waals surface area contributed by atoms with Crippen LogP contribution in [0.1, 0.15) is 32.3 Å². The number of nitrogens with zero attached hydrogens (tertiary/aromatic N) is 2. The molecular weight excluding hydrogens is 538 g/mol. The Morgan fingerprint density at radius 3 is 2.13 bits per heavy atom. The normalized spacial score (nSPS) is 11.9. The molecule has 3 rings (SSSR count). The van der Waals surface area contributed by atoms with E-state index in [2.05, 4.69) is 5.32 Å². The molecule has 208 valence electrons. The van der Waals surface area contributed by atoms with Gasteiger partial charge in [0, 0.05) is 18.1 Å². The lowest BCUT2D eigenvalue weighted by Crippen LogP contribution is -2.52. The zero-order valence-electron chi connectivity index (χ0n) is 22.3. The number of para-hydroxylation sites is 1. The Morgan fingerprint density at radius 1 is 0.923 bits per heavy atom. The van der Waals surface area contributed by atoms with E-state index in [9.17, 15) is 18.0 Å². The molecule has 1 atom stereocenters. The summed E-state index contributed by atoms with van der Waals surface area (Å²) < 4.78 is 32.5. The summed E-state index contributed by atoms with van der Waals surface area (Å²) in [6.07, 6.45) is 2.13. The van der Waals surface area contributed by atoms with Crippen LogP contribution >= 0.6 is 11.6 Å². The summed E-state index contributed by atoms with van der Waals surface area (Å²) in [7, 11) is -3.85. The number of rotatable bonds is 13. The van der Waals surface area contributed by atoms with Gasteiger partial charge < -0.3 is 15.0 Å². The molecule has 3 aromatic rings. The van der Waals surface area contributed by atoms with Gasteiger partial charge in [0.2, 0.25) is 21.8 Å². The average molecular weight is 572 g/mol. The van der Waals surface area contributed by atoms with Crippen molar-refractivity contribution in [2.45, 2.75) is 39.3 Å². The fourth-order valence-corrected chi connectivity index (χ4v) is 5.06. The first-order valence-corrected chi connectivity index (χ1v) is 15.0. The van der Waals surface area contributed by atoms with Crippen LogP contribution in [0.15, 0.2) is 78.9 Å². The van der Waals surface area contributed by atoms with E-state index in [1.807, 2.05) is 44.2 Å². The maximum atomic E-state index is 13.7. The van der Waals surface area contributed by atoms with E-state index < -0.39 is 28.5 Å². The summed E-state index contributed by atoms with van der Waals surface area (Å²) in [5.41, 5.74) is 0.954. The molecule has 8 nitrogen and oxygen atoms in total. The number of amides is 2. The second-order valence-electron chi connectivity index (χ2n) is 9.01. The monoisotopic (exact) mass is 571 g/mol. The van der Waals surface area contributed by atoms with Gasteiger partial charge in [0.05, 0.1) is 11.9 Å². The Bertz CT molecular complexity index is 1350. The summed E-state index contributed by atoms with van der Waals surface area (Å²) in [5.74, 6) is 0.336. The smallest absolute Gasteiger partial charge is 0.244 e. The van der Waals surface area contributed by atoms with E-state index >= 15 is 0 Å². The van der Waals surface area contributed by atoms with Crippen LogP contribution in [0.2, 0.25) is 5.02 Å². The summed E-state index contributed by atoms with van der Waals surface area (Å²) in [5, 5.41) is 3.30. The number of carbonyl (C=O) groups is 2. The number of hydrogen-bond acceptors (Lipinski definition) is 5. The van der Waals surface area contributed by atoms with Gasteiger partial charge in [-0.1, -0.05) is 61.8 Å². The zero-order chi connectivity index (χ0) is 28.4. The minimum absolute atomic E-state index is 0.0536. The number of hydrogen-bond donors (Lipinski definition) is 1. The summed E-state index contributed by atoms with van der Waals surface area (Å²) in [6, 6.07) is 21.9. The number of nitrogens with one attached hydrogen (secondary N) is 1. The fraction of sp³-hybridized carbons (Fsp3) is 0.310. The van der Waals surface area contributed by atoms with Crippen molar-refractivity contribution in [3.63, 3.8) is 0 Å². The molecule has 0 fully saturated rings. The first kappa shape index (κ1) is 30.0. The lowest BCUT2D eigenvalue weighted by Gasteiger charge is -2.33. The molecule has 3 aromatic carbocycles. The SMILES string of the molecule is CCCNC(=O)C(CC)N(Cc1ccccc1Cl)C(=O)CN(c1ccc(Oc2ccccc2)cc1)S(C)(=O)=O. The molecule has 0 saturated heterocycles. The predicted octanol–water partition coefficient (Wildman–Crippen LogP) is 5.23. The molecule has 1 unspecified atom stereocenters. The van der Waals surface area contributed by atoms with Gasteiger partial charge in [0.15, 0.2) is 0 Å². The molecule has 0 aliphatic heterocycles. The first-order chi connectivity index (χ1) is 18.6. The van der Waals surface area contributed by atoms with Crippen LogP contribution < -0.4 is 14.4 Å². The standard InChI is InChI=1S/C29H34ClN3O5S/c1-4-19-31-29(35)27(5-2)32(20-22-11-9-10-14-26(22)30)28(34)21-33(39(3,36)37)23-15-17-25(18-16-23)38-24-12-7-6-8-13-24/h6-18,27H,4-5,19-21H2,1-3H3,(H,31,35). The molecule has 0 bridgehead atoms. The Kier molecular flexibility index (Phi) is 10.8. The number of ether oxygens (including phenoxy) is 1. The van der Waals surface area contributed by atoms with Crippen LogP contribution in [-0.4, -0.2) is 50.5 Å².